The van der Waals surface area contributed by atoms with Crippen molar-refractivity contribution in [2.45, 2.75) is 17.4 Å². The predicted molar refractivity (Wildman–Crippen MR) is 92.8 cm³/mol. The van der Waals surface area contributed by atoms with Gasteiger partial charge in [0.25, 0.3) is 5.91 Å². The fourth-order valence-electron chi connectivity index (χ4n) is 2.53. The second kappa shape index (κ2) is 6.46. The largest absolute Gasteiger partial charge is 0.396 e. The summed E-state index contributed by atoms with van der Waals surface area (Å²) in [5.41, 5.74) is 6.85. The normalized spacial score (nSPS) is 18.6. The Morgan fingerprint density at radius 3 is 2.52 bits per heavy atom. The van der Waals surface area contributed by atoms with Gasteiger partial charge in [-0.1, -0.05) is 0 Å². The van der Waals surface area contributed by atoms with Gasteiger partial charge in [-0.15, -0.1) is 23.1 Å². The lowest BCUT2D eigenvalue weighted by atomic mass is 10.2. The van der Waals surface area contributed by atoms with Crippen molar-refractivity contribution in [2.24, 2.45) is 0 Å². The molecule has 1 fully saturated rings. The summed E-state index contributed by atoms with van der Waals surface area (Å²) in [5, 5.41) is 1.15. The molecule has 1 aromatic heterocycles. The van der Waals surface area contributed by atoms with Crippen molar-refractivity contribution >= 4 is 39.7 Å². The number of anilines is 2. The molecule has 1 unspecified atom stereocenters. The quantitative estimate of drug-likeness (QED) is 0.856. The molecule has 0 aromatic carbocycles. The standard InChI is InChI=1S/C14H24N4OS2/c1-16(2)9-6-7-18(8-9)14-12(20-5)10(15)11(21-14)13(19)17(3)4/h9H,6-8,15H2,1-5H3. The van der Waals surface area contributed by atoms with E-state index in [0.29, 0.717) is 16.6 Å². The molecule has 2 N–H and O–H groups in total. The van der Waals surface area contributed by atoms with Crippen molar-refractivity contribution < 1.29 is 4.79 Å². The van der Waals surface area contributed by atoms with Crippen LogP contribution in [0.3, 0.4) is 0 Å². The number of rotatable bonds is 4. The number of amides is 1. The van der Waals surface area contributed by atoms with E-state index in [1.54, 1.807) is 30.8 Å². The third kappa shape index (κ3) is 3.14. The lowest BCUT2D eigenvalue weighted by molar-refractivity contribution is 0.0833. The zero-order chi connectivity index (χ0) is 15.7. The molecule has 0 bridgehead atoms. The van der Waals surface area contributed by atoms with E-state index in [1.165, 1.54) is 11.3 Å². The number of nitrogens with two attached hydrogens (primary N) is 1. The highest BCUT2D eigenvalue weighted by Crippen LogP contribution is 2.45. The first kappa shape index (κ1) is 16.5. The Balaban J connectivity index is 2.32. The maximum Gasteiger partial charge on any atom is 0.265 e. The number of nitrogens with zero attached hydrogens (tertiary/aromatic N) is 3. The fraction of sp³-hybridized carbons (Fsp3) is 0.643. The molecule has 21 heavy (non-hydrogen) atoms. The summed E-state index contributed by atoms with van der Waals surface area (Å²) < 4.78 is 0. The summed E-state index contributed by atoms with van der Waals surface area (Å²) in [6.45, 7) is 2.02. The third-order valence-corrected chi connectivity index (χ3v) is 6.07. The van der Waals surface area contributed by atoms with Crippen LogP contribution >= 0.6 is 23.1 Å². The molecule has 1 amide bonds. The minimum atomic E-state index is -0.0117. The van der Waals surface area contributed by atoms with Crippen LogP contribution in [0.5, 0.6) is 0 Å². The Kier molecular flexibility index (Phi) is 5.06. The summed E-state index contributed by atoms with van der Waals surface area (Å²) in [6, 6.07) is 0.566. The van der Waals surface area contributed by atoms with Crippen LogP contribution in [0.2, 0.25) is 0 Å². The van der Waals surface area contributed by atoms with Gasteiger partial charge in [0.15, 0.2) is 0 Å². The van der Waals surface area contributed by atoms with Gasteiger partial charge in [0, 0.05) is 33.2 Å². The van der Waals surface area contributed by atoms with Crippen LogP contribution in [-0.4, -0.2) is 69.3 Å². The van der Waals surface area contributed by atoms with Gasteiger partial charge in [-0.05, 0) is 26.8 Å². The first-order chi connectivity index (χ1) is 9.86. The number of thiophene rings is 1. The Hall–Kier alpha value is -0.920. The Morgan fingerprint density at radius 1 is 1.38 bits per heavy atom. The average molecular weight is 329 g/mol. The van der Waals surface area contributed by atoms with Gasteiger partial charge in [0.2, 0.25) is 0 Å². The van der Waals surface area contributed by atoms with Gasteiger partial charge in [0.1, 0.15) is 9.88 Å². The third-order valence-electron chi connectivity index (χ3n) is 3.87. The van der Waals surface area contributed by atoms with Crippen LogP contribution in [0.25, 0.3) is 0 Å². The lowest BCUT2D eigenvalue weighted by Crippen LogP contribution is -2.31. The first-order valence-corrected chi connectivity index (χ1v) is 9.00. The van der Waals surface area contributed by atoms with E-state index in [1.807, 2.05) is 6.26 Å². The molecule has 5 nitrogen and oxygen atoms in total. The smallest absolute Gasteiger partial charge is 0.265 e. The molecule has 0 aliphatic carbocycles. The number of hydrogen-bond acceptors (Lipinski definition) is 6. The molecule has 1 saturated heterocycles. The summed E-state index contributed by atoms with van der Waals surface area (Å²) in [5.74, 6) is -0.0117. The molecule has 118 valence electrons. The van der Waals surface area contributed by atoms with Crippen LogP contribution in [0.4, 0.5) is 10.7 Å². The van der Waals surface area contributed by atoms with Gasteiger partial charge < -0.3 is 20.4 Å². The molecular formula is C14H24N4OS2. The molecule has 7 heteroatoms. The van der Waals surface area contributed by atoms with Gasteiger partial charge >= 0.3 is 0 Å². The zero-order valence-electron chi connectivity index (χ0n) is 13.3. The number of thioether (sulfide) groups is 1. The Labute approximate surface area is 135 Å². The minimum Gasteiger partial charge on any atom is -0.396 e. The van der Waals surface area contributed by atoms with Crippen LogP contribution in [0.1, 0.15) is 16.1 Å². The van der Waals surface area contributed by atoms with Gasteiger partial charge in [-0.25, -0.2) is 0 Å². The topological polar surface area (TPSA) is 52.8 Å². The van der Waals surface area contributed by atoms with Crippen LogP contribution < -0.4 is 10.6 Å². The van der Waals surface area contributed by atoms with Gasteiger partial charge in [-0.2, -0.15) is 0 Å². The summed E-state index contributed by atoms with van der Waals surface area (Å²) in [6.07, 6.45) is 3.17. The molecular weight excluding hydrogens is 304 g/mol. The van der Waals surface area contributed by atoms with Crippen molar-refractivity contribution in [2.75, 3.05) is 58.2 Å². The van der Waals surface area contributed by atoms with Crippen LogP contribution in [0, 0.1) is 0 Å². The second-order valence-electron chi connectivity index (χ2n) is 5.73. The maximum atomic E-state index is 12.3. The average Bonchev–Trinajstić information content (AvgIpc) is 3.02. The van der Waals surface area contributed by atoms with Crippen molar-refractivity contribution in [1.82, 2.24) is 9.80 Å². The van der Waals surface area contributed by atoms with E-state index in [2.05, 4.69) is 23.9 Å². The van der Waals surface area contributed by atoms with E-state index >= 15 is 0 Å². The number of carbonyl (C=O) groups is 1. The predicted octanol–water partition coefficient (Wildman–Crippen LogP) is 1.89. The van der Waals surface area contributed by atoms with E-state index < -0.39 is 0 Å². The van der Waals surface area contributed by atoms with Gasteiger partial charge in [0.05, 0.1) is 10.6 Å². The van der Waals surface area contributed by atoms with Crippen molar-refractivity contribution in [3.8, 4) is 0 Å². The number of nitrogen functional groups attached to an aromatic ring is 1. The summed E-state index contributed by atoms with van der Waals surface area (Å²) in [4.78, 5) is 20.2. The molecule has 2 heterocycles. The van der Waals surface area contributed by atoms with Crippen molar-refractivity contribution in [3.05, 3.63) is 4.88 Å². The highest BCUT2D eigenvalue weighted by molar-refractivity contribution is 7.99. The monoisotopic (exact) mass is 328 g/mol. The number of hydrogen-bond donors (Lipinski definition) is 1. The van der Waals surface area contributed by atoms with Crippen LogP contribution in [-0.2, 0) is 0 Å². The summed E-state index contributed by atoms with van der Waals surface area (Å²) >= 11 is 3.16. The molecule has 0 saturated carbocycles. The van der Waals surface area contributed by atoms with E-state index in [4.69, 9.17) is 5.73 Å². The molecule has 2 rings (SSSR count). The zero-order valence-corrected chi connectivity index (χ0v) is 15.0. The van der Waals surface area contributed by atoms with Crippen LogP contribution in [0.15, 0.2) is 4.90 Å². The van der Waals surface area contributed by atoms with Gasteiger partial charge in [-0.3, -0.25) is 4.79 Å². The molecule has 0 radical (unpaired) electrons. The van der Waals surface area contributed by atoms with E-state index in [0.717, 1.165) is 29.4 Å². The maximum absolute atomic E-state index is 12.3. The highest BCUT2D eigenvalue weighted by Gasteiger charge is 2.30. The fourth-order valence-corrected chi connectivity index (χ4v) is 4.77. The molecule has 1 atom stereocenters. The number of likely N-dealkylation sites (N-methyl/N-ethyl adjacent to an activating group) is 1. The minimum absolute atomic E-state index is 0.0117. The molecule has 1 aliphatic heterocycles. The van der Waals surface area contributed by atoms with Crippen molar-refractivity contribution in [3.63, 3.8) is 0 Å². The Bertz CT molecular complexity index is 527. The molecule has 1 aliphatic rings. The Morgan fingerprint density at radius 2 is 2.05 bits per heavy atom. The van der Waals surface area contributed by atoms with E-state index in [-0.39, 0.29) is 5.91 Å². The first-order valence-electron chi connectivity index (χ1n) is 6.96. The molecule has 0 spiro atoms. The highest BCUT2D eigenvalue weighted by atomic mass is 32.2. The number of carbonyl (C=O) groups excluding carboxylic acids is 1. The van der Waals surface area contributed by atoms with Crippen molar-refractivity contribution in [1.29, 1.82) is 0 Å². The molecule has 1 aromatic rings. The SMILES string of the molecule is CSc1c(N2CCC(N(C)C)C2)sc(C(=O)N(C)C)c1N. The second-order valence-corrected chi connectivity index (χ2v) is 7.55. The van der Waals surface area contributed by atoms with E-state index in [9.17, 15) is 4.79 Å². The lowest BCUT2D eigenvalue weighted by Gasteiger charge is -2.21. The summed E-state index contributed by atoms with van der Waals surface area (Å²) in [7, 11) is 7.76.